The second kappa shape index (κ2) is 9.93. The molecule has 0 bridgehead atoms. The largest absolute Gasteiger partial charge is 0.494 e. The van der Waals surface area contributed by atoms with E-state index in [-0.39, 0.29) is 11.5 Å². The van der Waals surface area contributed by atoms with Crippen LogP contribution in [0, 0.1) is 0 Å². The van der Waals surface area contributed by atoms with Crippen molar-refractivity contribution in [1.82, 2.24) is 20.2 Å². The minimum Gasteiger partial charge on any atom is -0.494 e. The number of nitrogens with one attached hydrogen (secondary N) is 1. The van der Waals surface area contributed by atoms with Gasteiger partial charge in [-0.25, -0.2) is 9.97 Å². The second-order valence-electron chi connectivity index (χ2n) is 6.31. The lowest BCUT2D eigenvalue weighted by Crippen LogP contribution is -2.07. The normalized spacial score (nSPS) is 10.6. The number of hydrogen-bond donors (Lipinski definition) is 2. The molecule has 0 atom stereocenters. The second-order valence-corrected chi connectivity index (χ2v) is 9.53. The van der Waals surface area contributed by atoms with Gasteiger partial charge in [-0.05, 0) is 25.5 Å². The summed E-state index contributed by atoms with van der Waals surface area (Å²) in [5.74, 6) is 1.06. The number of methoxy groups -OCH3 is 1. The Morgan fingerprint density at radius 2 is 1.77 bits per heavy atom. The van der Waals surface area contributed by atoms with Gasteiger partial charge in [0.1, 0.15) is 18.7 Å². The minimum atomic E-state index is -2.44. The molecule has 0 amide bonds. The van der Waals surface area contributed by atoms with Crippen molar-refractivity contribution < 1.29 is 14.1 Å². The molecule has 3 aromatic rings. The van der Waals surface area contributed by atoms with Crippen molar-refractivity contribution >= 4 is 35.9 Å². The van der Waals surface area contributed by atoms with E-state index in [9.17, 15) is 9.36 Å². The number of aldehydes is 1. The number of para-hydroxylation sites is 1. The van der Waals surface area contributed by atoms with Gasteiger partial charge in [-0.2, -0.15) is 0 Å². The number of carbonyl (C=O) groups is 1. The Morgan fingerprint density at radius 1 is 1.10 bits per heavy atom. The Labute approximate surface area is 175 Å². The number of nitrogens with two attached hydrogens (primary N) is 1. The number of rotatable bonds is 6. The maximum atomic E-state index is 12.2. The summed E-state index contributed by atoms with van der Waals surface area (Å²) in [4.78, 5) is 19.9. The number of ether oxygens (including phenoxy) is 1. The first-order chi connectivity index (χ1) is 14.3. The fourth-order valence-electron chi connectivity index (χ4n) is 2.52. The molecule has 0 unspecified atom stereocenters. The predicted octanol–water partition coefficient (Wildman–Crippen LogP) is 3.35. The molecule has 2 aromatic heterocycles. The van der Waals surface area contributed by atoms with E-state index in [4.69, 9.17) is 10.5 Å². The van der Waals surface area contributed by atoms with Crippen molar-refractivity contribution in [2.45, 2.75) is 13.8 Å². The lowest BCUT2D eigenvalue weighted by atomic mass is 10.1. The van der Waals surface area contributed by atoms with Crippen LogP contribution in [0.25, 0.3) is 11.4 Å². The molecule has 0 aliphatic carbocycles. The summed E-state index contributed by atoms with van der Waals surface area (Å²) >= 11 is 0. The Morgan fingerprint density at radius 3 is 2.33 bits per heavy atom. The summed E-state index contributed by atoms with van der Waals surface area (Å²) < 4.78 is 17.7. The molecular formula is C20H25N6O3P. The van der Waals surface area contributed by atoms with E-state index in [1.165, 1.54) is 13.2 Å². The standard InChI is InChI=1S/C18H19N6O3P.C2H6/c1-27-17-12(18-20-8-11(9-21-18)28(2,3)26)5-4-6-13(17)22-14-7-16(19)24-23-15(14)10-25;1-2/h4-10H,1-3H3,(H3,19,22,24);1-2H3. The summed E-state index contributed by atoms with van der Waals surface area (Å²) in [6, 6.07) is 6.87. The maximum absolute atomic E-state index is 12.2. The van der Waals surface area contributed by atoms with Gasteiger partial charge in [-0.15, -0.1) is 10.2 Å². The highest BCUT2D eigenvalue weighted by atomic mass is 31.2. The van der Waals surface area contributed by atoms with E-state index in [2.05, 4.69) is 25.5 Å². The van der Waals surface area contributed by atoms with Crippen molar-refractivity contribution in [3.05, 3.63) is 42.4 Å². The number of hydrogen-bond acceptors (Lipinski definition) is 9. The zero-order valence-electron chi connectivity index (χ0n) is 17.6. The van der Waals surface area contributed by atoms with Crippen LogP contribution in [-0.4, -0.2) is 46.9 Å². The average Bonchev–Trinajstić information content (AvgIpc) is 2.74. The zero-order chi connectivity index (χ0) is 22.3. The molecule has 10 heteroatoms. The molecule has 1 aromatic carbocycles. The third-order valence-electron chi connectivity index (χ3n) is 3.94. The van der Waals surface area contributed by atoms with E-state index in [1.807, 2.05) is 13.8 Å². The minimum absolute atomic E-state index is 0.115. The van der Waals surface area contributed by atoms with Gasteiger partial charge in [-0.3, -0.25) is 4.79 Å². The summed E-state index contributed by atoms with van der Waals surface area (Å²) in [5.41, 5.74) is 7.38. The highest BCUT2D eigenvalue weighted by Gasteiger charge is 2.17. The predicted molar refractivity (Wildman–Crippen MR) is 120 cm³/mol. The molecular weight excluding hydrogens is 403 g/mol. The number of aromatic nitrogens is 4. The third-order valence-corrected chi connectivity index (χ3v) is 5.42. The molecule has 0 fully saturated rings. The van der Waals surface area contributed by atoms with Gasteiger partial charge in [0.2, 0.25) is 0 Å². The number of benzene rings is 1. The summed E-state index contributed by atoms with van der Waals surface area (Å²) in [6.07, 6.45) is 3.70. The van der Waals surface area contributed by atoms with Crippen molar-refractivity contribution in [1.29, 1.82) is 0 Å². The molecule has 9 nitrogen and oxygen atoms in total. The van der Waals surface area contributed by atoms with Crippen LogP contribution in [0.5, 0.6) is 5.75 Å². The quantitative estimate of drug-likeness (QED) is 0.448. The molecule has 158 valence electrons. The van der Waals surface area contributed by atoms with Crippen LogP contribution in [0.3, 0.4) is 0 Å². The summed E-state index contributed by atoms with van der Waals surface area (Å²) in [7, 11) is -0.926. The van der Waals surface area contributed by atoms with E-state index < -0.39 is 7.14 Å². The number of nitrogens with zero attached hydrogens (tertiary/aromatic N) is 4. The van der Waals surface area contributed by atoms with Crippen LogP contribution in [0.1, 0.15) is 24.3 Å². The Kier molecular flexibility index (Phi) is 7.60. The first kappa shape index (κ1) is 23.0. The first-order valence-corrected chi connectivity index (χ1v) is 11.8. The molecule has 30 heavy (non-hydrogen) atoms. The van der Waals surface area contributed by atoms with Gasteiger partial charge in [0.15, 0.2) is 17.9 Å². The van der Waals surface area contributed by atoms with Crippen molar-refractivity contribution in [2.75, 3.05) is 31.5 Å². The molecule has 0 aliphatic rings. The molecule has 2 heterocycles. The Balaban J connectivity index is 0.00000155. The van der Waals surface area contributed by atoms with Gasteiger partial charge in [-0.1, -0.05) is 19.9 Å². The van der Waals surface area contributed by atoms with E-state index >= 15 is 0 Å². The van der Waals surface area contributed by atoms with Crippen molar-refractivity contribution in [3.63, 3.8) is 0 Å². The van der Waals surface area contributed by atoms with Crippen LogP contribution in [0.15, 0.2) is 36.7 Å². The summed E-state index contributed by atoms with van der Waals surface area (Å²) in [5, 5.41) is 11.1. The molecule has 0 saturated carbocycles. The highest BCUT2D eigenvalue weighted by Crippen LogP contribution is 2.38. The topological polar surface area (TPSA) is 133 Å². The third kappa shape index (κ3) is 5.18. The van der Waals surface area contributed by atoms with Crippen LogP contribution >= 0.6 is 7.14 Å². The number of anilines is 3. The lowest BCUT2D eigenvalue weighted by Gasteiger charge is -2.15. The van der Waals surface area contributed by atoms with Crippen LogP contribution in [0.2, 0.25) is 0 Å². The van der Waals surface area contributed by atoms with E-state index in [1.54, 1.807) is 43.9 Å². The maximum Gasteiger partial charge on any atom is 0.172 e. The molecule has 0 radical (unpaired) electrons. The van der Waals surface area contributed by atoms with E-state index in [0.29, 0.717) is 40.1 Å². The monoisotopic (exact) mass is 428 g/mol. The Bertz CT molecular complexity index is 1070. The van der Waals surface area contributed by atoms with Gasteiger partial charge in [0.05, 0.1) is 24.0 Å². The van der Waals surface area contributed by atoms with Crippen molar-refractivity contribution in [2.24, 2.45) is 0 Å². The van der Waals surface area contributed by atoms with Crippen LogP contribution in [0.4, 0.5) is 17.2 Å². The van der Waals surface area contributed by atoms with Gasteiger partial charge >= 0.3 is 0 Å². The Hall–Kier alpha value is -3.32. The van der Waals surface area contributed by atoms with Gasteiger partial charge in [0, 0.05) is 23.8 Å². The van der Waals surface area contributed by atoms with Gasteiger partial charge in [0.25, 0.3) is 0 Å². The molecule has 0 aliphatic heterocycles. The zero-order valence-corrected chi connectivity index (χ0v) is 18.5. The van der Waals surface area contributed by atoms with Crippen molar-refractivity contribution in [3.8, 4) is 17.1 Å². The molecule has 0 saturated heterocycles. The fourth-order valence-corrected chi connectivity index (χ4v) is 3.19. The molecule has 3 N–H and O–H groups in total. The van der Waals surface area contributed by atoms with Gasteiger partial charge < -0.3 is 20.4 Å². The molecule has 0 spiro atoms. The average molecular weight is 428 g/mol. The smallest absolute Gasteiger partial charge is 0.172 e. The van der Waals surface area contributed by atoms with E-state index in [0.717, 1.165) is 0 Å². The fraction of sp³-hybridized carbons (Fsp3) is 0.250. The van der Waals surface area contributed by atoms with Crippen LogP contribution < -0.4 is 21.1 Å². The lowest BCUT2D eigenvalue weighted by molar-refractivity contribution is 0.111. The summed E-state index contributed by atoms with van der Waals surface area (Å²) in [6.45, 7) is 7.32. The SMILES string of the molecule is CC.COc1c(Nc2cc(N)nnc2C=O)cccc1-c1ncc(P(C)(C)=O)cn1. The first-order valence-electron chi connectivity index (χ1n) is 9.24. The number of nitrogen functional groups attached to an aromatic ring is 1. The number of carbonyl (C=O) groups excluding carboxylic acids is 1. The highest BCUT2D eigenvalue weighted by molar-refractivity contribution is 7.70. The van der Waals surface area contributed by atoms with Crippen LogP contribution in [-0.2, 0) is 4.57 Å². The molecule has 3 rings (SSSR count).